The highest BCUT2D eigenvalue weighted by Gasteiger charge is 2.42. The minimum absolute atomic E-state index is 0.115. The van der Waals surface area contributed by atoms with Crippen molar-refractivity contribution < 1.29 is 18.0 Å². The topological polar surface area (TPSA) is 23.6 Å². The van der Waals surface area contributed by atoms with Crippen LogP contribution in [-0.2, 0) is 11.3 Å². The number of hydrogen-bond donors (Lipinski definition) is 0. The standard InChI is InChI=1S/C18H21F3N2OS/c1-22(9-13-12-25-16-7-3-2-6-15(13)16)11-17(24)23-8-4-5-14(10-23)18(19,20)21/h2-3,6-7,12,14H,4-5,8-11H2,1H3. The van der Waals surface area contributed by atoms with Crippen molar-refractivity contribution in [2.45, 2.75) is 25.6 Å². The van der Waals surface area contributed by atoms with Gasteiger partial charge in [-0.2, -0.15) is 13.2 Å². The molecule has 0 saturated carbocycles. The van der Waals surface area contributed by atoms with Gasteiger partial charge >= 0.3 is 6.18 Å². The lowest BCUT2D eigenvalue weighted by Crippen LogP contribution is -2.47. The van der Waals surface area contributed by atoms with E-state index in [1.54, 1.807) is 11.3 Å². The molecule has 1 aliphatic rings. The Morgan fingerprint density at radius 1 is 1.36 bits per heavy atom. The molecular formula is C18H21F3N2OS. The number of alkyl halides is 3. The van der Waals surface area contributed by atoms with Crippen molar-refractivity contribution in [3.63, 3.8) is 0 Å². The molecule has 1 aromatic heterocycles. The molecule has 1 fully saturated rings. The highest BCUT2D eigenvalue weighted by molar-refractivity contribution is 7.17. The number of likely N-dealkylation sites (tertiary alicyclic amines) is 1. The normalized spacial score (nSPS) is 18.9. The van der Waals surface area contributed by atoms with Crippen LogP contribution in [0.1, 0.15) is 18.4 Å². The number of carbonyl (C=O) groups is 1. The SMILES string of the molecule is CN(CC(=O)N1CCCC(C(F)(F)F)C1)Cc1csc2ccccc12. The molecule has 136 valence electrons. The van der Waals surface area contributed by atoms with Gasteiger partial charge in [0.1, 0.15) is 0 Å². The number of rotatable bonds is 4. The van der Waals surface area contributed by atoms with Crippen molar-refractivity contribution in [3.05, 3.63) is 35.2 Å². The Morgan fingerprint density at radius 2 is 2.12 bits per heavy atom. The van der Waals surface area contributed by atoms with Crippen LogP contribution in [0, 0.1) is 5.92 Å². The van der Waals surface area contributed by atoms with Crippen molar-refractivity contribution in [2.24, 2.45) is 5.92 Å². The van der Waals surface area contributed by atoms with Crippen LogP contribution in [0.15, 0.2) is 29.6 Å². The Balaban J connectivity index is 1.59. The lowest BCUT2D eigenvalue weighted by molar-refractivity contribution is -0.188. The van der Waals surface area contributed by atoms with Gasteiger partial charge in [0, 0.05) is 24.3 Å². The molecule has 1 amide bonds. The zero-order chi connectivity index (χ0) is 18.0. The molecule has 2 heterocycles. The first-order chi connectivity index (χ1) is 11.8. The summed E-state index contributed by atoms with van der Waals surface area (Å²) in [7, 11) is 1.83. The Hall–Kier alpha value is -1.60. The van der Waals surface area contributed by atoms with Gasteiger partial charge in [-0.25, -0.2) is 0 Å². The lowest BCUT2D eigenvalue weighted by Gasteiger charge is -2.34. The van der Waals surface area contributed by atoms with Gasteiger partial charge in [-0.1, -0.05) is 18.2 Å². The van der Waals surface area contributed by atoms with Gasteiger partial charge in [0.15, 0.2) is 0 Å². The van der Waals surface area contributed by atoms with Crippen LogP contribution in [0.25, 0.3) is 10.1 Å². The summed E-state index contributed by atoms with van der Waals surface area (Å²) in [6.07, 6.45) is -3.70. The quantitative estimate of drug-likeness (QED) is 0.808. The minimum atomic E-state index is -4.22. The van der Waals surface area contributed by atoms with Crippen molar-refractivity contribution in [2.75, 3.05) is 26.7 Å². The number of fused-ring (bicyclic) bond motifs is 1. The first-order valence-electron chi connectivity index (χ1n) is 8.32. The summed E-state index contributed by atoms with van der Waals surface area (Å²) in [5.74, 6) is -1.62. The molecule has 1 unspecified atom stereocenters. The average molecular weight is 370 g/mol. The van der Waals surface area contributed by atoms with Crippen molar-refractivity contribution >= 4 is 27.3 Å². The number of benzene rings is 1. The highest BCUT2D eigenvalue weighted by Crippen LogP contribution is 2.33. The van der Waals surface area contributed by atoms with Crippen LogP contribution < -0.4 is 0 Å². The second-order valence-electron chi connectivity index (χ2n) is 6.65. The molecule has 7 heteroatoms. The molecule has 1 aliphatic heterocycles. The van der Waals surface area contributed by atoms with Crippen molar-refractivity contribution in [1.29, 1.82) is 0 Å². The van der Waals surface area contributed by atoms with Gasteiger partial charge in [0.05, 0.1) is 12.5 Å². The molecule has 1 aromatic carbocycles. The maximum absolute atomic E-state index is 12.9. The molecule has 2 aromatic rings. The Morgan fingerprint density at radius 3 is 2.88 bits per heavy atom. The zero-order valence-corrected chi connectivity index (χ0v) is 14.9. The fourth-order valence-corrected chi connectivity index (χ4v) is 4.26. The number of likely N-dealkylation sites (N-methyl/N-ethyl adjacent to an activating group) is 1. The molecule has 1 atom stereocenters. The van der Waals surface area contributed by atoms with E-state index in [0.29, 0.717) is 19.5 Å². The van der Waals surface area contributed by atoms with Gasteiger partial charge in [-0.3, -0.25) is 9.69 Å². The van der Waals surface area contributed by atoms with Crippen LogP contribution in [0.4, 0.5) is 13.2 Å². The third kappa shape index (κ3) is 4.33. The van der Waals surface area contributed by atoms with Crippen molar-refractivity contribution in [3.8, 4) is 0 Å². The van der Waals surface area contributed by atoms with Gasteiger partial charge in [-0.15, -0.1) is 11.3 Å². The molecule has 0 aliphatic carbocycles. The second kappa shape index (κ2) is 7.33. The molecule has 0 spiro atoms. The maximum atomic E-state index is 12.9. The van der Waals surface area contributed by atoms with Crippen LogP contribution in [0.3, 0.4) is 0 Å². The summed E-state index contributed by atoms with van der Waals surface area (Å²) < 4.78 is 39.9. The summed E-state index contributed by atoms with van der Waals surface area (Å²) in [5, 5.41) is 3.24. The number of amides is 1. The van der Waals surface area contributed by atoms with Crippen LogP contribution >= 0.6 is 11.3 Å². The summed E-state index contributed by atoms with van der Waals surface area (Å²) in [6.45, 7) is 0.944. The molecule has 3 nitrogen and oxygen atoms in total. The van der Waals surface area contributed by atoms with Gasteiger partial charge in [-0.05, 0) is 42.3 Å². The van der Waals surface area contributed by atoms with E-state index in [4.69, 9.17) is 0 Å². The van der Waals surface area contributed by atoms with E-state index >= 15 is 0 Å². The number of thiophene rings is 1. The fourth-order valence-electron chi connectivity index (χ4n) is 3.30. The number of piperidine rings is 1. The monoisotopic (exact) mass is 370 g/mol. The van der Waals surface area contributed by atoms with Crippen molar-refractivity contribution in [1.82, 2.24) is 9.80 Å². The summed E-state index contributed by atoms with van der Waals surface area (Å²) in [5.41, 5.74) is 1.14. The van der Waals surface area contributed by atoms with E-state index in [0.717, 1.165) is 5.56 Å². The maximum Gasteiger partial charge on any atom is 0.393 e. The molecule has 1 saturated heterocycles. The van der Waals surface area contributed by atoms with E-state index in [-0.39, 0.29) is 25.4 Å². The zero-order valence-electron chi connectivity index (χ0n) is 14.1. The predicted molar refractivity (Wildman–Crippen MR) is 93.5 cm³/mol. The van der Waals surface area contributed by atoms with Gasteiger partial charge in [0.25, 0.3) is 0 Å². The first-order valence-corrected chi connectivity index (χ1v) is 9.20. The Bertz CT molecular complexity index is 743. The van der Waals surface area contributed by atoms with Gasteiger partial charge in [0.2, 0.25) is 5.91 Å². The molecule has 3 rings (SSSR count). The highest BCUT2D eigenvalue weighted by atomic mass is 32.1. The summed E-state index contributed by atoms with van der Waals surface area (Å²) in [6, 6.07) is 8.08. The number of nitrogens with zero attached hydrogens (tertiary/aromatic N) is 2. The number of hydrogen-bond acceptors (Lipinski definition) is 3. The Kier molecular flexibility index (Phi) is 5.34. The number of carbonyl (C=O) groups excluding carboxylic acids is 1. The Labute approximate surface area is 149 Å². The largest absolute Gasteiger partial charge is 0.393 e. The van der Waals surface area contributed by atoms with E-state index < -0.39 is 12.1 Å². The third-order valence-corrected chi connectivity index (χ3v) is 5.66. The van der Waals surface area contributed by atoms with Crippen LogP contribution in [0.5, 0.6) is 0 Å². The molecular weight excluding hydrogens is 349 g/mol. The van der Waals surface area contributed by atoms with Gasteiger partial charge < -0.3 is 4.90 Å². The molecule has 0 bridgehead atoms. The van der Waals surface area contributed by atoms with E-state index in [1.165, 1.54) is 15.0 Å². The third-order valence-electron chi connectivity index (χ3n) is 4.64. The molecule has 0 N–H and O–H groups in total. The lowest BCUT2D eigenvalue weighted by atomic mass is 9.97. The minimum Gasteiger partial charge on any atom is -0.341 e. The number of halogens is 3. The average Bonchev–Trinajstić information content (AvgIpc) is 2.97. The fraction of sp³-hybridized carbons (Fsp3) is 0.500. The predicted octanol–water partition coefficient (Wildman–Crippen LogP) is 4.13. The second-order valence-corrected chi connectivity index (χ2v) is 7.56. The summed E-state index contributed by atoms with van der Waals surface area (Å²) in [4.78, 5) is 15.6. The molecule has 0 radical (unpaired) electrons. The van der Waals surface area contributed by atoms with E-state index in [2.05, 4.69) is 17.5 Å². The first kappa shape index (κ1) is 18.2. The van der Waals surface area contributed by atoms with E-state index in [1.807, 2.05) is 24.1 Å². The molecule has 25 heavy (non-hydrogen) atoms. The van der Waals surface area contributed by atoms with E-state index in [9.17, 15) is 18.0 Å². The van der Waals surface area contributed by atoms with Crippen LogP contribution in [0.2, 0.25) is 0 Å². The van der Waals surface area contributed by atoms with Crippen LogP contribution in [-0.4, -0.2) is 48.6 Å². The summed E-state index contributed by atoms with van der Waals surface area (Å²) >= 11 is 1.66. The smallest absolute Gasteiger partial charge is 0.341 e.